The van der Waals surface area contributed by atoms with Gasteiger partial charge in [-0.2, -0.15) is 0 Å². The molecule has 2 aromatic carbocycles. The minimum atomic E-state index is -0.0980. The third-order valence-electron chi connectivity index (χ3n) is 5.81. The first-order valence-corrected chi connectivity index (χ1v) is 10.6. The van der Waals surface area contributed by atoms with Crippen molar-refractivity contribution in [3.05, 3.63) is 59.2 Å². The molecule has 0 spiro atoms. The number of hydrogen-bond acceptors (Lipinski definition) is 4. The van der Waals surface area contributed by atoms with Crippen molar-refractivity contribution in [3.8, 4) is 5.75 Å². The van der Waals surface area contributed by atoms with Crippen LogP contribution in [0.4, 0.5) is 5.69 Å². The number of nitrogens with one attached hydrogen (secondary N) is 1. The molecule has 30 heavy (non-hydrogen) atoms. The van der Waals surface area contributed by atoms with Crippen LogP contribution in [0.3, 0.4) is 0 Å². The summed E-state index contributed by atoms with van der Waals surface area (Å²) in [6, 6.07) is 13.7. The van der Waals surface area contributed by atoms with Crippen LogP contribution in [0.5, 0.6) is 5.75 Å². The fourth-order valence-electron chi connectivity index (χ4n) is 4.13. The summed E-state index contributed by atoms with van der Waals surface area (Å²) in [6.45, 7) is 8.77. The van der Waals surface area contributed by atoms with E-state index in [4.69, 9.17) is 4.74 Å². The SMILES string of the molecule is CCN(CC)C(CNC(=O)c1ccc2c(c1)CCN2C(C)=O)c1cccc(OC)c1. The van der Waals surface area contributed by atoms with E-state index in [1.807, 2.05) is 30.3 Å². The second-order valence-corrected chi connectivity index (χ2v) is 7.49. The van der Waals surface area contributed by atoms with Crippen molar-refractivity contribution >= 4 is 17.5 Å². The molecule has 2 aromatic rings. The second kappa shape index (κ2) is 9.76. The van der Waals surface area contributed by atoms with Crippen LogP contribution < -0.4 is 15.0 Å². The number of methoxy groups -OCH3 is 1. The van der Waals surface area contributed by atoms with Gasteiger partial charge in [-0.15, -0.1) is 0 Å². The van der Waals surface area contributed by atoms with Crippen LogP contribution in [-0.2, 0) is 11.2 Å². The second-order valence-electron chi connectivity index (χ2n) is 7.49. The highest BCUT2D eigenvalue weighted by atomic mass is 16.5. The summed E-state index contributed by atoms with van der Waals surface area (Å²) in [6.07, 6.45) is 0.780. The molecule has 1 atom stereocenters. The van der Waals surface area contributed by atoms with Crippen molar-refractivity contribution in [2.75, 3.05) is 38.2 Å². The summed E-state index contributed by atoms with van der Waals surface area (Å²) < 4.78 is 5.38. The molecule has 0 fully saturated rings. The van der Waals surface area contributed by atoms with Gasteiger partial charge >= 0.3 is 0 Å². The standard InChI is InChI=1S/C24H31N3O3/c1-5-26(6-2)23(18-8-7-9-21(15-18)30-4)16-25-24(29)20-10-11-22-19(14-20)12-13-27(22)17(3)28/h7-11,14-15,23H,5-6,12-13,16H2,1-4H3,(H,25,29). The topological polar surface area (TPSA) is 61.9 Å². The Morgan fingerprint density at radius 2 is 1.93 bits per heavy atom. The highest BCUT2D eigenvalue weighted by Gasteiger charge is 2.24. The number of likely N-dealkylation sites (N-methyl/N-ethyl adjacent to an activating group) is 1. The molecular weight excluding hydrogens is 378 g/mol. The third-order valence-corrected chi connectivity index (χ3v) is 5.81. The maximum absolute atomic E-state index is 12.9. The van der Waals surface area contributed by atoms with Gasteiger partial charge in [-0.05, 0) is 61.0 Å². The lowest BCUT2D eigenvalue weighted by Crippen LogP contribution is -2.38. The van der Waals surface area contributed by atoms with Crippen molar-refractivity contribution in [1.82, 2.24) is 10.2 Å². The van der Waals surface area contributed by atoms with Gasteiger partial charge in [0.15, 0.2) is 0 Å². The Kier molecular flexibility index (Phi) is 7.11. The number of carbonyl (C=O) groups excluding carboxylic acids is 2. The predicted octanol–water partition coefficient (Wildman–Crippen LogP) is 3.42. The number of hydrogen-bond donors (Lipinski definition) is 1. The number of fused-ring (bicyclic) bond motifs is 1. The molecule has 0 aromatic heterocycles. The quantitative estimate of drug-likeness (QED) is 0.726. The van der Waals surface area contributed by atoms with E-state index < -0.39 is 0 Å². The highest BCUT2D eigenvalue weighted by molar-refractivity contribution is 5.97. The summed E-state index contributed by atoms with van der Waals surface area (Å²) in [4.78, 5) is 28.7. The zero-order chi connectivity index (χ0) is 21.7. The van der Waals surface area contributed by atoms with Gasteiger partial charge in [0.25, 0.3) is 5.91 Å². The average Bonchev–Trinajstić information content (AvgIpc) is 3.20. The van der Waals surface area contributed by atoms with Gasteiger partial charge in [-0.3, -0.25) is 14.5 Å². The number of anilines is 1. The first-order chi connectivity index (χ1) is 14.5. The van der Waals surface area contributed by atoms with E-state index in [0.29, 0.717) is 18.7 Å². The first kappa shape index (κ1) is 21.8. The van der Waals surface area contributed by atoms with Crippen molar-refractivity contribution < 1.29 is 14.3 Å². The van der Waals surface area contributed by atoms with Gasteiger partial charge in [0.2, 0.25) is 5.91 Å². The molecule has 0 saturated carbocycles. The summed E-state index contributed by atoms with van der Waals surface area (Å²) in [5.41, 5.74) is 3.70. The van der Waals surface area contributed by atoms with Crippen molar-refractivity contribution in [1.29, 1.82) is 0 Å². The van der Waals surface area contributed by atoms with Crippen molar-refractivity contribution in [2.45, 2.75) is 33.2 Å². The van der Waals surface area contributed by atoms with Crippen molar-refractivity contribution in [2.24, 2.45) is 0 Å². The Labute approximate surface area is 178 Å². The summed E-state index contributed by atoms with van der Waals surface area (Å²) in [5.74, 6) is 0.745. The molecule has 6 heteroatoms. The molecule has 0 aliphatic carbocycles. The van der Waals surface area contributed by atoms with Crippen LogP contribution in [0, 0.1) is 0 Å². The predicted molar refractivity (Wildman–Crippen MR) is 119 cm³/mol. The maximum atomic E-state index is 12.9. The lowest BCUT2D eigenvalue weighted by Gasteiger charge is -2.30. The number of rotatable bonds is 8. The molecule has 3 rings (SSSR count). The van der Waals surface area contributed by atoms with Gasteiger partial charge < -0.3 is 15.0 Å². The molecule has 1 unspecified atom stereocenters. The minimum Gasteiger partial charge on any atom is -0.497 e. The van der Waals surface area contributed by atoms with Gasteiger partial charge in [0.1, 0.15) is 5.75 Å². The molecule has 6 nitrogen and oxygen atoms in total. The van der Waals surface area contributed by atoms with E-state index in [-0.39, 0.29) is 17.9 Å². The van der Waals surface area contributed by atoms with Crippen LogP contribution in [-0.4, -0.2) is 50.0 Å². The lowest BCUT2D eigenvalue weighted by molar-refractivity contribution is -0.116. The van der Waals surface area contributed by atoms with Crippen LogP contribution in [0.15, 0.2) is 42.5 Å². The van der Waals surface area contributed by atoms with Crippen LogP contribution >= 0.6 is 0 Å². The molecule has 1 heterocycles. The summed E-state index contributed by atoms with van der Waals surface area (Å²) in [7, 11) is 1.66. The van der Waals surface area contributed by atoms with E-state index in [0.717, 1.165) is 42.1 Å². The lowest BCUT2D eigenvalue weighted by atomic mass is 10.0. The fourth-order valence-corrected chi connectivity index (χ4v) is 4.13. The third kappa shape index (κ3) is 4.65. The maximum Gasteiger partial charge on any atom is 0.251 e. The number of ether oxygens (including phenoxy) is 1. The average molecular weight is 410 g/mol. The Bertz CT molecular complexity index is 908. The van der Waals surface area contributed by atoms with E-state index in [9.17, 15) is 9.59 Å². The van der Waals surface area contributed by atoms with E-state index in [2.05, 4.69) is 30.1 Å². The largest absolute Gasteiger partial charge is 0.497 e. The molecule has 1 aliphatic rings. The van der Waals surface area contributed by atoms with Crippen LogP contribution in [0.2, 0.25) is 0 Å². The molecule has 0 bridgehead atoms. The fraction of sp³-hybridized carbons (Fsp3) is 0.417. The molecule has 1 aliphatic heterocycles. The Hall–Kier alpha value is -2.86. The summed E-state index contributed by atoms with van der Waals surface area (Å²) in [5, 5.41) is 3.11. The Balaban J connectivity index is 1.75. The zero-order valence-corrected chi connectivity index (χ0v) is 18.3. The minimum absolute atomic E-state index is 0.0336. The van der Waals surface area contributed by atoms with Gasteiger partial charge in [0.05, 0.1) is 13.2 Å². The van der Waals surface area contributed by atoms with Gasteiger partial charge in [0, 0.05) is 31.3 Å². The molecule has 1 N–H and O–H groups in total. The van der Waals surface area contributed by atoms with E-state index in [1.165, 1.54) is 0 Å². The Morgan fingerprint density at radius 3 is 2.60 bits per heavy atom. The molecule has 2 amide bonds. The first-order valence-electron chi connectivity index (χ1n) is 10.6. The smallest absolute Gasteiger partial charge is 0.251 e. The van der Waals surface area contributed by atoms with Gasteiger partial charge in [-0.1, -0.05) is 26.0 Å². The monoisotopic (exact) mass is 409 g/mol. The molecular formula is C24H31N3O3. The number of benzene rings is 2. The van der Waals surface area contributed by atoms with Crippen LogP contribution in [0.25, 0.3) is 0 Å². The van der Waals surface area contributed by atoms with E-state index >= 15 is 0 Å². The number of carbonyl (C=O) groups is 2. The Morgan fingerprint density at radius 1 is 1.17 bits per heavy atom. The normalized spacial score (nSPS) is 13.8. The molecule has 0 saturated heterocycles. The van der Waals surface area contributed by atoms with Crippen molar-refractivity contribution in [3.63, 3.8) is 0 Å². The number of amides is 2. The highest BCUT2D eigenvalue weighted by Crippen LogP contribution is 2.29. The summed E-state index contributed by atoms with van der Waals surface area (Å²) >= 11 is 0. The van der Waals surface area contributed by atoms with E-state index in [1.54, 1.807) is 25.0 Å². The molecule has 0 radical (unpaired) electrons. The van der Waals surface area contributed by atoms with Crippen LogP contribution in [0.1, 0.15) is 48.3 Å². The number of nitrogens with zero attached hydrogens (tertiary/aromatic N) is 2. The zero-order valence-electron chi connectivity index (χ0n) is 18.3. The molecule has 160 valence electrons. The van der Waals surface area contributed by atoms with Gasteiger partial charge in [-0.25, -0.2) is 0 Å².